The van der Waals surface area contributed by atoms with Gasteiger partial charge in [-0.2, -0.15) is 0 Å². The van der Waals surface area contributed by atoms with Crippen molar-refractivity contribution in [1.82, 2.24) is 4.98 Å². The Balaban J connectivity index is 1.91. The third kappa shape index (κ3) is 1.76. The molecular formula is C19H13NO2. The SMILES string of the molecule is Cc1ccc2nc(C3=C(O)c4ccccc4C3=O)ccc2c1. The molecule has 0 unspecified atom stereocenters. The zero-order chi connectivity index (χ0) is 15.3. The Bertz CT molecular complexity index is 970. The second-order valence-electron chi connectivity index (χ2n) is 5.49. The van der Waals surface area contributed by atoms with Crippen LogP contribution in [-0.4, -0.2) is 15.9 Å². The molecule has 0 atom stereocenters. The van der Waals surface area contributed by atoms with E-state index in [-0.39, 0.29) is 17.1 Å². The Hall–Kier alpha value is -2.94. The summed E-state index contributed by atoms with van der Waals surface area (Å²) in [5.74, 6) is -0.161. The normalized spacial score (nSPS) is 13.8. The molecule has 0 amide bonds. The third-order valence-corrected chi connectivity index (χ3v) is 3.99. The summed E-state index contributed by atoms with van der Waals surface area (Å²) in [6, 6.07) is 16.8. The van der Waals surface area contributed by atoms with E-state index in [1.165, 1.54) is 0 Å². The number of aryl methyl sites for hydroxylation is 1. The first kappa shape index (κ1) is 12.8. The number of allylic oxidation sites excluding steroid dienone is 1. The number of rotatable bonds is 1. The molecule has 4 rings (SSSR count). The number of Topliss-reactive ketones (excluding diaryl/α,β-unsaturated/α-hetero) is 1. The predicted octanol–water partition coefficient (Wildman–Crippen LogP) is 4.17. The number of carbonyl (C=O) groups excluding carboxylic acids is 1. The Kier molecular flexibility index (Phi) is 2.63. The van der Waals surface area contributed by atoms with Crippen LogP contribution in [0.1, 0.15) is 27.2 Å². The first-order valence-electron chi connectivity index (χ1n) is 7.10. The molecule has 1 heterocycles. The zero-order valence-electron chi connectivity index (χ0n) is 12.0. The minimum absolute atomic E-state index is 0.0135. The van der Waals surface area contributed by atoms with Crippen LogP contribution in [0.3, 0.4) is 0 Å². The largest absolute Gasteiger partial charge is 0.506 e. The van der Waals surface area contributed by atoms with Crippen LogP contribution in [0.5, 0.6) is 0 Å². The van der Waals surface area contributed by atoms with E-state index in [0.717, 1.165) is 16.5 Å². The lowest BCUT2D eigenvalue weighted by atomic mass is 10.0. The van der Waals surface area contributed by atoms with Crippen molar-refractivity contribution >= 4 is 28.0 Å². The van der Waals surface area contributed by atoms with E-state index in [2.05, 4.69) is 4.98 Å². The molecule has 0 saturated carbocycles. The Morgan fingerprint density at radius 2 is 1.73 bits per heavy atom. The summed E-state index contributed by atoms with van der Waals surface area (Å²) in [5, 5.41) is 11.4. The summed E-state index contributed by atoms with van der Waals surface area (Å²) in [6.07, 6.45) is 0. The molecule has 1 aromatic heterocycles. The number of aromatic nitrogens is 1. The van der Waals surface area contributed by atoms with Gasteiger partial charge in [-0.15, -0.1) is 0 Å². The summed E-state index contributed by atoms with van der Waals surface area (Å²) in [6.45, 7) is 2.03. The highest BCUT2D eigenvalue weighted by Crippen LogP contribution is 2.36. The summed E-state index contributed by atoms with van der Waals surface area (Å²) >= 11 is 0. The van der Waals surface area contributed by atoms with Crippen LogP contribution in [0.2, 0.25) is 0 Å². The van der Waals surface area contributed by atoms with Crippen LogP contribution in [0, 0.1) is 6.92 Å². The van der Waals surface area contributed by atoms with Gasteiger partial charge in [-0.05, 0) is 25.1 Å². The molecule has 0 aliphatic heterocycles. The van der Waals surface area contributed by atoms with Crippen LogP contribution in [0.25, 0.3) is 22.2 Å². The van der Waals surface area contributed by atoms with Gasteiger partial charge in [-0.3, -0.25) is 4.79 Å². The van der Waals surface area contributed by atoms with E-state index in [0.29, 0.717) is 16.8 Å². The van der Waals surface area contributed by atoms with Gasteiger partial charge in [0, 0.05) is 16.5 Å². The number of carbonyl (C=O) groups is 1. The summed E-state index contributed by atoms with van der Waals surface area (Å²) in [5.41, 5.74) is 3.87. The van der Waals surface area contributed by atoms with Gasteiger partial charge in [0.2, 0.25) is 0 Å². The zero-order valence-corrected chi connectivity index (χ0v) is 12.0. The maximum atomic E-state index is 12.5. The topological polar surface area (TPSA) is 50.2 Å². The van der Waals surface area contributed by atoms with E-state index in [1.807, 2.05) is 37.3 Å². The van der Waals surface area contributed by atoms with Crippen molar-refractivity contribution in [3.8, 4) is 0 Å². The van der Waals surface area contributed by atoms with E-state index in [9.17, 15) is 9.90 Å². The second-order valence-corrected chi connectivity index (χ2v) is 5.49. The van der Waals surface area contributed by atoms with Crippen molar-refractivity contribution in [2.75, 3.05) is 0 Å². The molecule has 0 fully saturated rings. The summed E-state index contributed by atoms with van der Waals surface area (Å²) in [7, 11) is 0. The van der Waals surface area contributed by atoms with Crippen LogP contribution in [0.15, 0.2) is 54.6 Å². The first-order valence-corrected chi connectivity index (χ1v) is 7.10. The van der Waals surface area contributed by atoms with Gasteiger partial charge in [0.1, 0.15) is 5.76 Å². The smallest absolute Gasteiger partial charge is 0.199 e. The van der Waals surface area contributed by atoms with E-state index < -0.39 is 0 Å². The molecule has 0 bridgehead atoms. The number of aliphatic hydroxyl groups is 1. The van der Waals surface area contributed by atoms with Crippen molar-refractivity contribution in [2.24, 2.45) is 0 Å². The number of pyridine rings is 1. The number of hydrogen-bond donors (Lipinski definition) is 1. The van der Waals surface area contributed by atoms with Crippen LogP contribution in [0.4, 0.5) is 0 Å². The number of hydrogen-bond acceptors (Lipinski definition) is 3. The number of ketones is 1. The van der Waals surface area contributed by atoms with E-state index in [4.69, 9.17) is 0 Å². The average molecular weight is 287 g/mol. The fraction of sp³-hybridized carbons (Fsp3) is 0.0526. The Labute approximate surface area is 127 Å². The van der Waals surface area contributed by atoms with Crippen molar-refractivity contribution in [3.63, 3.8) is 0 Å². The lowest BCUT2D eigenvalue weighted by Crippen LogP contribution is -2.00. The van der Waals surface area contributed by atoms with Gasteiger partial charge in [-0.25, -0.2) is 4.98 Å². The van der Waals surface area contributed by atoms with Crippen molar-refractivity contribution in [1.29, 1.82) is 0 Å². The molecule has 0 radical (unpaired) electrons. The minimum atomic E-state index is -0.174. The molecule has 0 saturated heterocycles. The maximum absolute atomic E-state index is 12.5. The quantitative estimate of drug-likeness (QED) is 0.731. The van der Waals surface area contributed by atoms with Gasteiger partial charge in [-0.1, -0.05) is 42.0 Å². The minimum Gasteiger partial charge on any atom is -0.506 e. The predicted molar refractivity (Wildman–Crippen MR) is 86.7 cm³/mol. The number of nitrogens with zero attached hydrogens (tertiary/aromatic N) is 1. The monoisotopic (exact) mass is 287 g/mol. The summed E-state index contributed by atoms with van der Waals surface area (Å²) < 4.78 is 0. The molecule has 3 aromatic rings. The number of fused-ring (bicyclic) bond motifs is 2. The van der Waals surface area contributed by atoms with Gasteiger partial charge < -0.3 is 5.11 Å². The lowest BCUT2D eigenvalue weighted by molar-refractivity contribution is 0.105. The van der Waals surface area contributed by atoms with Gasteiger partial charge in [0.15, 0.2) is 5.78 Å². The van der Waals surface area contributed by atoms with Crippen molar-refractivity contribution < 1.29 is 9.90 Å². The van der Waals surface area contributed by atoms with Crippen LogP contribution < -0.4 is 0 Å². The van der Waals surface area contributed by atoms with Crippen LogP contribution in [-0.2, 0) is 0 Å². The Morgan fingerprint density at radius 3 is 2.50 bits per heavy atom. The molecule has 106 valence electrons. The molecule has 22 heavy (non-hydrogen) atoms. The van der Waals surface area contributed by atoms with Crippen LogP contribution >= 0.6 is 0 Å². The van der Waals surface area contributed by atoms with Gasteiger partial charge in [0.05, 0.1) is 16.8 Å². The molecule has 1 N–H and O–H groups in total. The van der Waals surface area contributed by atoms with Gasteiger partial charge in [0.25, 0.3) is 0 Å². The molecule has 2 aromatic carbocycles. The van der Waals surface area contributed by atoms with Crippen molar-refractivity contribution in [2.45, 2.75) is 6.92 Å². The molecule has 0 spiro atoms. The average Bonchev–Trinajstić information content (AvgIpc) is 2.79. The molecule has 3 nitrogen and oxygen atoms in total. The molecule has 1 aliphatic carbocycles. The fourth-order valence-electron chi connectivity index (χ4n) is 2.89. The molecule has 3 heteroatoms. The number of benzene rings is 2. The number of aliphatic hydroxyl groups excluding tert-OH is 1. The standard InChI is InChI=1S/C19H13NO2/c1-11-6-8-15-12(10-11)7-9-16(20-15)17-18(21)13-4-2-3-5-14(13)19(17)22/h2-10,21H,1H3. The lowest BCUT2D eigenvalue weighted by Gasteiger charge is -2.04. The Morgan fingerprint density at radius 1 is 0.955 bits per heavy atom. The maximum Gasteiger partial charge on any atom is 0.199 e. The molecule has 1 aliphatic rings. The van der Waals surface area contributed by atoms with Gasteiger partial charge >= 0.3 is 0 Å². The highest BCUT2D eigenvalue weighted by atomic mass is 16.3. The summed E-state index contributed by atoms with van der Waals surface area (Å²) in [4.78, 5) is 17.1. The van der Waals surface area contributed by atoms with E-state index >= 15 is 0 Å². The second kappa shape index (κ2) is 4.53. The third-order valence-electron chi connectivity index (χ3n) is 3.99. The first-order chi connectivity index (χ1) is 10.6. The van der Waals surface area contributed by atoms with E-state index in [1.54, 1.807) is 24.3 Å². The fourth-order valence-corrected chi connectivity index (χ4v) is 2.89. The highest BCUT2D eigenvalue weighted by molar-refractivity contribution is 6.38. The van der Waals surface area contributed by atoms with Crippen molar-refractivity contribution in [3.05, 3.63) is 77.0 Å². The highest BCUT2D eigenvalue weighted by Gasteiger charge is 2.31. The molecular weight excluding hydrogens is 274 g/mol.